The molecule has 2 aromatic carbocycles. The number of hydrogen-bond donors (Lipinski definition) is 1. The van der Waals surface area contributed by atoms with E-state index in [1.54, 1.807) is 6.07 Å². The molecule has 1 N–H and O–H groups in total. The van der Waals surface area contributed by atoms with Gasteiger partial charge in [0.15, 0.2) is 0 Å². The third-order valence-corrected chi connectivity index (χ3v) is 3.38. The van der Waals surface area contributed by atoms with Crippen LogP contribution in [0.3, 0.4) is 0 Å². The fourth-order valence-electron chi connectivity index (χ4n) is 2.19. The molecular formula is C17H19FO. The molecule has 19 heavy (non-hydrogen) atoms. The fourth-order valence-corrected chi connectivity index (χ4v) is 2.19. The first-order valence-corrected chi connectivity index (χ1v) is 6.62. The highest BCUT2D eigenvalue weighted by molar-refractivity contribution is 5.27. The maximum Gasteiger partial charge on any atom is 0.123 e. The first-order chi connectivity index (χ1) is 9.15. The van der Waals surface area contributed by atoms with E-state index in [1.807, 2.05) is 25.1 Å². The molecule has 0 aromatic heterocycles. The molecule has 2 aromatic rings. The van der Waals surface area contributed by atoms with Crippen molar-refractivity contribution < 1.29 is 9.50 Å². The molecule has 0 radical (unpaired) electrons. The van der Waals surface area contributed by atoms with Crippen molar-refractivity contribution in [1.29, 1.82) is 0 Å². The number of aryl methyl sites for hydroxylation is 2. The van der Waals surface area contributed by atoms with Crippen molar-refractivity contribution in [3.63, 3.8) is 0 Å². The Morgan fingerprint density at radius 1 is 1.11 bits per heavy atom. The molecule has 100 valence electrons. The Bertz CT molecular complexity index is 522. The molecule has 0 aliphatic carbocycles. The highest BCUT2D eigenvalue weighted by atomic mass is 19.1. The van der Waals surface area contributed by atoms with Gasteiger partial charge in [-0.1, -0.05) is 36.4 Å². The second-order valence-corrected chi connectivity index (χ2v) is 4.95. The molecule has 1 nitrogen and oxygen atoms in total. The van der Waals surface area contributed by atoms with Gasteiger partial charge in [-0.2, -0.15) is 0 Å². The number of rotatable bonds is 5. The van der Waals surface area contributed by atoms with E-state index in [9.17, 15) is 9.50 Å². The lowest BCUT2D eigenvalue weighted by molar-refractivity contribution is 0.165. The summed E-state index contributed by atoms with van der Waals surface area (Å²) in [5, 5.41) is 10.1. The summed E-state index contributed by atoms with van der Waals surface area (Å²) < 4.78 is 13.2. The van der Waals surface area contributed by atoms with E-state index < -0.39 is 6.10 Å². The van der Waals surface area contributed by atoms with Gasteiger partial charge in [0.25, 0.3) is 0 Å². The van der Waals surface area contributed by atoms with Gasteiger partial charge >= 0.3 is 0 Å². The predicted molar refractivity (Wildman–Crippen MR) is 75.6 cm³/mol. The van der Waals surface area contributed by atoms with Crippen LogP contribution in [0.4, 0.5) is 4.39 Å². The molecule has 1 unspecified atom stereocenters. The summed E-state index contributed by atoms with van der Waals surface area (Å²) in [5.74, 6) is -0.240. The van der Waals surface area contributed by atoms with Crippen LogP contribution in [0.15, 0.2) is 48.5 Å². The molecule has 0 saturated carbocycles. The molecule has 0 fully saturated rings. The van der Waals surface area contributed by atoms with Crippen molar-refractivity contribution in [2.24, 2.45) is 0 Å². The molecule has 0 heterocycles. The average molecular weight is 258 g/mol. The maximum absolute atomic E-state index is 13.2. The Labute approximate surface area is 113 Å². The van der Waals surface area contributed by atoms with E-state index in [2.05, 4.69) is 12.1 Å². The normalized spacial score (nSPS) is 12.4. The van der Waals surface area contributed by atoms with Gasteiger partial charge in [-0.05, 0) is 55.0 Å². The van der Waals surface area contributed by atoms with Gasteiger partial charge < -0.3 is 5.11 Å². The number of halogens is 1. The highest BCUT2D eigenvalue weighted by Gasteiger charge is 2.09. The Morgan fingerprint density at radius 2 is 1.84 bits per heavy atom. The summed E-state index contributed by atoms with van der Waals surface area (Å²) in [5.41, 5.74) is 3.14. The minimum absolute atomic E-state index is 0.240. The zero-order valence-electron chi connectivity index (χ0n) is 11.1. The van der Waals surface area contributed by atoms with Crippen LogP contribution in [0.2, 0.25) is 0 Å². The Balaban J connectivity index is 1.90. The highest BCUT2D eigenvalue weighted by Crippen LogP contribution is 2.15. The van der Waals surface area contributed by atoms with E-state index >= 15 is 0 Å². The molecule has 0 amide bonds. The number of hydrogen-bond acceptors (Lipinski definition) is 1. The number of aliphatic hydroxyl groups excluding tert-OH is 1. The molecule has 0 bridgehead atoms. The molecule has 0 spiro atoms. The second-order valence-electron chi connectivity index (χ2n) is 4.95. The summed E-state index contributed by atoms with van der Waals surface area (Å²) in [7, 11) is 0. The van der Waals surface area contributed by atoms with Gasteiger partial charge in [0.1, 0.15) is 5.82 Å². The van der Waals surface area contributed by atoms with Crippen LogP contribution in [0, 0.1) is 12.7 Å². The third kappa shape index (κ3) is 4.18. The topological polar surface area (TPSA) is 20.2 Å². The summed E-state index contributed by atoms with van der Waals surface area (Å²) in [6.07, 6.45) is 1.62. The van der Waals surface area contributed by atoms with Crippen molar-refractivity contribution >= 4 is 0 Å². The summed E-state index contributed by atoms with van der Waals surface area (Å²) in [6.45, 7) is 1.94. The Hall–Kier alpha value is -1.67. The smallest absolute Gasteiger partial charge is 0.123 e. The largest absolute Gasteiger partial charge is 0.393 e. The van der Waals surface area contributed by atoms with Crippen LogP contribution in [-0.2, 0) is 12.8 Å². The average Bonchev–Trinajstić information content (AvgIpc) is 2.42. The molecule has 2 heteroatoms. The van der Waals surface area contributed by atoms with E-state index in [4.69, 9.17) is 0 Å². The third-order valence-electron chi connectivity index (χ3n) is 3.38. The van der Waals surface area contributed by atoms with Crippen molar-refractivity contribution in [3.8, 4) is 0 Å². The van der Waals surface area contributed by atoms with Crippen LogP contribution >= 0.6 is 0 Å². The molecule has 2 rings (SSSR count). The monoisotopic (exact) mass is 258 g/mol. The van der Waals surface area contributed by atoms with Crippen molar-refractivity contribution in [2.75, 3.05) is 0 Å². The van der Waals surface area contributed by atoms with E-state index in [-0.39, 0.29) is 5.82 Å². The maximum atomic E-state index is 13.2. The van der Waals surface area contributed by atoms with Gasteiger partial charge in [-0.3, -0.25) is 0 Å². The van der Waals surface area contributed by atoms with Crippen LogP contribution < -0.4 is 0 Å². The zero-order valence-corrected chi connectivity index (χ0v) is 11.1. The summed E-state index contributed by atoms with van der Waals surface area (Å²) in [4.78, 5) is 0. The number of aliphatic hydroxyl groups is 1. The Kier molecular flexibility index (Phi) is 4.69. The van der Waals surface area contributed by atoms with Crippen LogP contribution in [-0.4, -0.2) is 11.2 Å². The van der Waals surface area contributed by atoms with Crippen molar-refractivity contribution in [3.05, 3.63) is 71.0 Å². The molecule has 1 atom stereocenters. The molecule has 0 aliphatic heterocycles. The minimum atomic E-state index is -0.430. The lowest BCUT2D eigenvalue weighted by Crippen LogP contribution is -2.12. The van der Waals surface area contributed by atoms with Crippen molar-refractivity contribution in [2.45, 2.75) is 32.3 Å². The van der Waals surface area contributed by atoms with Crippen LogP contribution in [0.5, 0.6) is 0 Å². The molecule has 0 aliphatic rings. The summed E-state index contributed by atoms with van der Waals surface area (Å²) in [6, 6.07) is 14.8. The minimum Gasteiger partial charge on any atom is -0.393 e. The fraction of sp³-hybridized carbons (Fsp3) is 0.294. The van der Waals surface area contributed by atoms with Crippen molar-refractivity contribution in [1.82, 2.24) is 0 Å². The van der Waals surface area contributed by atoms with Crippen LogP contribution in [0.25, 0.3) is 0 Å². The van der Waals surface area contributed by atoms with Gasteiger partial charge in [-0.15, -0.1) is 0 Å². The first-order valence-electron chi connectivity index (χ1n) is 6.62. The standard InChI is InChI=1S/C17H19FO/c1-13-7-9-16(18)11-15(13)12-17(19)10-8-14-5-3-2-4-6-14/h2-7,9,11,17,19H,8,10,12H2,1H3. The molecular weight excluding hydrogens is 239 g/mol. The van der Waals surface area contributed by atoms with Crippen LogP contribution in [0.1, 0.15) is 23.1 Å². The lowest BCUT2D eigenvalue weighted by atomic mass is 9.98. The number of benzene rings is 2. The quantitative estimate of drug-likeness (QED) is 0.867. The Morgan fingerprint density at radius 3 is 2.58 bits per heavy atom. The van der Waals surface area contributed by atoms with Gasteiger partial charge in [0.2, 0.25) is 0 Å². The van der Waals surface area contributed by atoms with E-state index in [1.165, 1.54) is 17.7 Å². The van der Waals surface area contributed by atoms with Gasteiger partial charge in [-0.25, -0.2) is 4.39 Å². The zero-order chi connectivity index (χ0) is 13.7. The lowest BCUT2D eigenvalue weighted by Gasteiger charge is -2.12. The SMILES string of the molecule is Cc1ccc(F)cc1CC(O)CCc1ccccc1. The predicted octanol–water partition coefficient (Wildman–Crippen LogP) is 3.67. The summed E-state index contributed by atoms with van der Waals surface area (Å²) >= 11 is 0. The second kappa shape index (κ2) is 6.48. The first kappa shape index (κ1) is 13.8. The van der Waals surface area contributed by atoms with Gasteiger partial charge in [0, 0.05) is 0 Å². The molecule has 0 saturated heterocycles. The van der Waals surface area contributed by atoms with E-state index in [0.717, 1.165) is 17.5 Å². The van der Waals surface area contributed by atoms with Gasteiger partial charge in [0.05, 0.1) is 6.10 Å². The van der Waals surface area contributed by atoms with E-state index in [0.29, 0.717) is 12.8 Å².